The van der Waals surface area contributed by atoms with Gasteiger partial charge in [0.15, 0.2) is 6.10 Å². The van der Waals surface area contributed by atoms with Crippen LogP contribution in [0.4, 0.5) is 0 Å². The molecule has 2 unspecified atom stereocenters. The van der Waals surface area contributed by atoms with E-state index in [4.69, 9.17) is 10.5 Å². The van der Waals surface area contributed by atoms with Gasteiger partial charge in [0.1, 0.15) is 5.75 Å². The zero-order valence-corrected chi connectivity index (χ0v) is 12.1. The standard InChI is InChI=1S/C17H22N2O/c1-3-13-9-5-6-11-16(13)20-17(14(18)4-2)15-10-7-8-12-19-15/h5-12,14,17H,3-4,18H2,1-2H3. The molecule has 0 aliphatic rings. The summed E-state index contributed by atoms with van der Waals surface area (Å²) in [6.07, 6.45) is 3.34. The fourth-order valence-electron chi connectivity index (χ4n) is 2.17. The first kappa shape index (κ1) is 14.5. The number of aromatic nitrogens is 1. The van der Waals surface area contributed by atoms with E-state index in [0.29, 0.717) is 0 Å². The van der Waals surface area contributed by atoms with Gasteiger partial charge in [-0.25, -0.2) is 0 Å². The summed E-state index contributed by atoms with van der Waals surface area (Å²) in [6.45, 7) is 4.19. The molecule has 3 heteroatoms. The fraction of sp³-hybridized carbons (Fsp3) is 0.353. The number of pyridine rings is 1. The molecule has 0 radical (unpaired) electrons. The minimum atomic E-state index is -0.214. The maximum atomic E-state index is 6.22. The summed E-state index contributed by atoms with van der Waals surface area (Å²) < 4.78 is 6.19. The van der Waals surface area contributed by atoms with E-state index in [9.17, 15) is 0 Å². The molecule has 1 aromatic carbocycles. The molecule has 2 atom stereocenters. The van der Waals surface area contributed by atoms with Crippen LogP contribution in [0.2, 0.25) is 0 Å². The van der Waals surface area contributed by atoms with E-state index in [1.54, 1.807) is 6.20 Å². The van der Waals surface area contributed by atoms with Gasteiger partial charge in [-0.1, -0.05) is 38.1 Å². The van der Waals surface area contributed by atoms with E-state index in [1.165, 1.54) is 5.56 Å². The highest BCUT2D eigenvalue weighted by molar-refractivity contribution is 5.34. The Morgan fingerprint density at radius 1 is 1.10 bits per heavy atom. The first-order chi connectivity index (χ1) is 9.76. The minimum absolute atomic E-state index is 0.0742. The van der Waals surface area contributed by atoms with E-state index in [-0.39, 0.29) is 12.1 Å². The topological polar surface area (TPSA) is 48.1 Å². The van der Waals surface area contributed by atoms with E-state index in [0.717, 1.165) is 24.3 Å². The molecular formula is C17H22N2O. The van der Waals surface area contributed by atoms with Crippen LogP contribution in [0.15, 0.2) is 48.7 Å². The van der Waals surface area contributed by atoms with Crippen LogP contribution in [-0.2, 0) is 6.42 Å². The number of benzene rings is 1. The van der Waals surface area contributed by atoms with Crippen molar-refractivity contribution in [2.75, 3.05) is 0 Å². The van der Waals surface area contributed by atoms with E-state index < -0.39 is 0 Å². The van der Waals surface area contributed by atoms with Crippen molar-refractivity contribution in [1.29, 1.82) is 0 Å². The second kappa shape index (κ2) is 7.06. The smallest absolute Gasteiger partial charge is 0.155 e. The van der Waals surface area contributed by atoms with Crippen molar-refractivity contribution >= 4 is 0 Å². The third-order valence-electron chi connectivity index (χ3n) is 3.45. The molecule has 1 heterocycles. The Bertz CT molecular complexity index is 528. The Kier molecular flexibility index (Phi) is 5.13. The first-order valence-corrected chi connectivity index (χ1v) is 7.17. The lowest BCUT2D eigenvalue weighted by Gasteiger charge is -2.25. The summed E-state index contributed by atoms with van der Waals surface area (Å²) in [5.41, 5.74) is 8.30. The van der Waals surface area contributed by atoms with Crippen LogP contribution in [-0.4, -0.2) is 11.0 Å². The maximum Gasteiger partial charge on any atom is 0.155 e. The van der Waals surface area contributed by atoms with Crippen molar-refractivity contribution in [3.8, 4) is 5.75 Å². The Morgan fingerprint density at radius 2 is 1.85 bits per heavy atom. The fourth-order valence-corrected chi connectivity index (χ4v) is 2.17. The van der Waals surface area contributed by atoms with Gasteiger partial charge < -0.3 is 10.5 Å². The molecule has 20 heavy (non-hydrogen) atoms. The van der Waals surface area contributed by atoms with Crippen LogP contribution < -0.4 is 10.5 Å². The van der Waals surface area contributed by atoms with E-state index in [2.05, 4.69) is 24.9 Å². The summed E-state index contributed by atoms with van der Waals surface area (Å²) in [5.74, 6) is 0.898. The highest BCUT2D eigenvalue weighted by Crippen LogP contribution is 2.27. The summed E-state index contributed by atoms with van der Waals surface area (Å²) in [6, 6.07) is 13.9. The number of aryl methyl sites for hydroxylation is 1. The van der Waals surface area contributed by atoms with Crippen LogP contribution in [0.25, 0.3) is 0 Å². The van der Waals surface area contributed by atoms with E-state index in [1.807, 2.05) is 36.4 Å². The van der Waals surface area contributed by atoms with Crippen molar-refractivity contribution in [3.63, 3.8) is 0 Å². The van der Waals surface area contributed by atoms with Gasteiger partial charge in [-0.05, 0) is 36.6 Å². The highest BCUT2D eigenvalue weighted by atomic mass is 16.5. The number of para-hydroxylation sites is 1. The lowest BCUT2D eigenvalue weighted by Crippen LogP contribution is -2.32. The second-order valence-corrected chi connectivity index (χ2v) is 4.83. The van der Waals surface area contributed by atoms with Gasteiger partial charge in [0, 0.05) is 12.2 Å². The van der Waals surface area contributed by atoms with Gasteiger partial charge in [0.25, 0.3) is 0 Å². The molecule has 1 aromatic heterocycles. The molecular weight excluding hydrogens is 248 g/mol. The number of nitrogens with two attached hydrogens (primary N) is 1. The predicted molar refractivity (Wildman–Crippen MR) is 81.7 cm³/mol. The Hall–Kier alpha value is -1.87. The van der Waals surface area contributed by atoms with Gasteiger partial charge in [0.05, 0.1) is 5.69 Å². The quantitative estimate of drug-likeness (QED) is 0.874. The Balaban J connectivity index is 2.29. The van der Waals surface area contributed by atoms with Crippen molar-refractivity contribution in [2.45, 2.75) is 38.8 Å². The molecule has 2 rings (SSSR count). The monoisotopic (exact) mass is 270 g/mol. The number of hydrogen-bond donors (Lipinski definition) is 1. The van der Waals surface area contributed by atoms with Crippen LogP contribution in [0.3, 0.4) is 0 Å². The molecule has 0 spiro atoms. The van der Waals surface area contributed by atoms with Crippen LogP contribution in [0, 0.1) is 0 Å². The molecule has 0 saturated heterocycles. The molecule has 0 aliphatic heterocycles. The Labute approximate surface area is 120 Å². The molecule has 0 fully saturated rings. The van der Waals surface area contributed by atoms with Gasteiger partial charge in [-0.3, -0.25) is 4.98 Å². The third-order valence-corrected chi connectivity index (χ3v) is 3.45. The van der Waals surface area contributed by atoms with Crippen molar-refractivity contribution in [2.24, 2.45) is 5.73 Å². The molecule has 3 nitrogen and oxygen atoms in total. The summed E-state index contributed by atoms with van der Waals surface area (Å²) >= 11 is 0. The molecule has 0 saturated carbocycles. The molecule has 2 aromatic rings. The first-order valence-electron chi connectivity index (χ1n) is 7.17. The number of nitrogens with zero attached hydrogens (tertiary/aromatic N) is 1. The SMILES string of the molecule is CCc1ccccc1OC(c1ccccn1)C(N)CC. The molecule has 0 bridgehead atoms. The predicted octanol–water partition coefficient (Wildman–Crippen LogP) is 3.50. The van der Waals surface area contributed by atoms with Crippen LogP contribution >= 0.6 is 0 Å². The normalized spacial score (nSPS) is 13.8. The zero-order valence-electron chi connectivity index (χ0n) is 12.1. The number of hydrogen-bond acceptors (Lipinski definition) is 3. The van der Waals surface area contributed by atoms with Crippen molar-refractivity contribution < 1.29 is 4.74 Å². The van der Waals surface area contributed by atoms with Crippen molar-refractivity contribution in [3.05, 3.63) is 59.9 Å². The summed E-state index contributed by atoms with van der Waals surface area (Å²) in [5, 5.41) is 0. The van der Waals surface area contributed by atoms with E-state index >= 15 is 0 Å². The van der Waals surface area contributed by atoms with Gasteiger partial charge in [0.2, 0.25) is 0 Å². The van der Waals surface area contributed by atoms with Gasteiger partial charge >= 0.3 is 0 Å². The third kappa shape index (κ3) is 3.36. The molecule has 0 amide bonds. The van der Waals surface area contributed by atoms with Crippen molar-refractivity contribution in [1.82, 2.24) is 4.98 Å². The van der Waals surface area contributed by atoms with Crippen LogP contribution in [0.5, 0.6) is 5.75 Å². The zero-order chi connectivity index (χ0) is 14.4. The van der Waals surface area contributed by atoms with Gasteiger partial charge in [-0.2, -0.15) is 0 Å². The molecule has 2 N–H and O–H groups in total. The summed E-state index contributed by atoms with van der Waals surface area (Å²) in [4.78, 5) is 4.39. The lowest BCUT2D eigenvalue weighted by atomic mass is 10.0. The lowest BCUT2D eigenvalue weighted by molar-refractivity contribution is 0.165. The number of rotatable bonds is 6. The maximum absolute atomic E-state index is 6.22. The molecule has 106 valence electrons. The minimum Gasteiger partial charge on any atom is -0.482 e. The Morgan fingerprint density at radius 3 is 2.50 bits per heavy atom. The molecule has 0 aliphatic carbocycles. The highest BCUT2D eigenvalue weighted by Gasteiger charge is 2.22. The second-order valence-electron chi connectivity index (χ2n) is 4.83. The summed E-state index contributed by atoms with van der Waals surface area (Å²) in [7, 11) is 0. The van der Waals surface area contributed by atoms with Crippen LogP contribution in [0.1, 0.15) is 37.6 Å². The number of ether oxygens (including phenoxy) is 1. The average Bonchev–Trinajstić information content (AvgIpc) is 2.53. The van der Waals surface area contributed by atoms with Gasteiger partial charge in [-0.15, -0.1) is 0 Å². The largest absolute Gasteiger partial charge is 0.482 e. The average molecular weight is 270 g/mol.